The van der Waals surface area contributed by atoms with E-state index in [1.165, 1.54) is 18.4 Å². The highest BCUT2D eigenvalue weighted by molar-refractivity contribution is 5.83. The molecule has 1 saturated carbocycles. The monoisotopic (exact) mass is 327 g/mol. The van der Waals surface area contributed by atoms with Gasteiger partial charge in [-0.3, -0.25) is 4.90 Å². The van der Waals surface area contributed by atoms with Gasteiger partial charge in [0.05, 0.1) is 24.1 Å². The van der Waals surface area contributed by atoms with Crippen LogP contribution in [0.15, 0.2) is 24.5 Å². The van der Waals surface area contributed by atoms with Crippen LogP contribution >= 0.6 is 0 Å². The number of aryl methyl sites for hydroxylation is 1. The van der Waals surface area contributed by atoms with Crippen molar-refractivity contribution >= 4 is 10.9 Å². The van der Waals surface area contributed by atoms with Crippen molar-refractivity contribution in [2.75, 3.05) is 26.3 Å². The summed E-state index contributed by atoms with van der Waals surface area (Å²) in [6, 6.07) is 6.92. The van der Waals surface area contributed by atoms with E-state index >= 15 is 0 Å². The summed E-state index contributed by atoms with van der Waals surface area (Å²) in [6.07, 6.45) is 6.46. The number of ether oxygens (including phenoxy) is 2. The molecule has 0 radical (unpaired) electrons. The third-order valence-electron chi connectivity index (χ3n) is 5.24. The van der Waals surface area contributed by atoms with Crippen LogP contribution in [-0.2, 0) is 4.74 Å². The predicted octanol–water partition coefficient (Wildman–Crippen LogP) is 2.96. The van der Waals surface area contributed by atoms with Gasteiger partial charge in [-0.2, -0.15) is 0 Å². The fraction of sp³-hybridized carbons (Fsp3) is 0.579. The molecule has 0 bridgehead atoms. The minimum atomic E-state index is 0.265. The zero-order valence-corrected chi connectivity index (χ0v) is 14.3. The van der Waals surface area contributed by atoms with E-state index < -0.39 is 0 Å². The molecule has 4 rings (SSSR count). The number of morpholine rings is 1. The first-order valence-corrected chi connectivity index (χ1v) is 8.99. The van der Waals surface area contributed by atoms with Crippen molar-refractivity contribution in [2.45, 2.75) is 44.8 Å². The van der Waals surface area contributed by atoms with Gasteiger partial charge in [0, 0.05) is 19.1 Å². The summed E-state index contributed by atoms with van der Waals surface area (Å²) in [7, 11) is 0. The maximum atomic E-state index is 6.26. The van der Waals surface area contributed by atoms with Crippen LogP contribution in [0.3, 0.4) is 0 Å². The van der Waals surface area contributed by atoms with E-state index in [1.807, 2.05) is 6.07 Å². The van der Waals surface area contributed by atoms with Gasteiger partial charge in [-0.05, 0) is 44.7 Å². The Bertz CT molecular complexity index is 692. The molecule has 128 valence electrons. The molecule has 0 atom stereocenters. The fourth-order valence-electron chi connectivity index (χ4n) is 3.87. The van der Waals surface area contributed by atoms with Crippen molar-refractivity contribution in [3.8, 4) is 5.88 Å². The highest BCUT2D eigenvalue weighted by Gasteiger charge is 2.28. The quantitative estimate of drug-likeness (QED) is 0.867. The first kappa shape index (κ1) is 15.8. The van der Waals surface area contributed by atoms with Gasteiger partial charge in [0.15, 0.2) is 0 Å². The molecule has 2 aliphatic rings. The summed E-state index contributed by atoms with van der Waals surface area (Å²) in [6.45, 7) is 5.99. The number of fused-ring (bicyclic) bond motifs is 1. The van der Waals surface area contributed by atoms with Crippen LogP contribution in [0.4, 0.5) is 0 Å². The van der Waals surface area contributed by atoms with Crippen molar-refractivity contribution in [1.82, 2.24) is 14.9 Å². The zero-order valence-electron chi connectivity index (χ0n) is 14.3. The first-order valence-electron chi connectivity index (χ1n) is 8.99. The van der Waals surface area contributed by atoms with Crippen molar-refractivity contribution in [3.63, 3.8) is 0 Å². The Labute approximate surface area is 143 Å². The van der Waals surface area contributed by atoms with Gasteiger partial charge >= 0.3 is 0 Å². The van der Waals surface area contributed by atoms with Crippen LogP contribution in [0.25, 0.3) is 10.9 Å². The Morgan fingerprint density at radius 2 is 1.88 bits per heavy atom. The maximum Gasteiger partial charge on any atom is 0.224 e. The smallest absolute Gasteiger partial charge is 0.224 e. The Hall–Kier alpha value is -1.72. The van der Waals surface area contributed by atoms with Gasteiger partial charge in [0.25, 0.3) is 0 Å². The molecule has 1 saturated heterocycles. The lowest BCUT2D eigenvalue weighted by Crippen LogP contribution is -2.46. The number of rotatable bonds is 3. The first-order chi connectivity index (χ1) is 11.8. The number of hydrogen-bond donors (Lipinski definition) is 0. The summed E-state index contributed by atoms with van der Waals surface area (Å²) in [5.74, 6) is 0.735. The van der Waals surface area contributed by atoms with E-state index in [-0.39, 0.29) is 6.10 Å². The van der Waals surface area contributed by atoms with Crippen LogP contribution in [0.2, 0.25) is 0 Å². The standard InChI is InChI=1S/C19H25N3O2/c1-14-2-7-18-17(12-14)19(21-13-20-18)24-16-5-3-15(4-6-16)22-8-10-23-11-9-22/h2,7,12-13,15-16H,3-6,8-11H2,1H3/t15-,16-. The van der Waals surface area contributed by atoms with E-state index in [9.17, 15) is 0 Å². The van der Waals surface area contributed by atoms with Crippen molar-refractivity contribution in [1.29, 1.82) is 0 Å². The molecule has 5 nitrogen and oxygen atoms in total. The van der Waals surface area contributed by atoms with Crippen molar-refractivity contribution in [2.24, 2.45) is 0 Å². The second kappa shape index (κ2) is 7.03. The molecule has 24 heavy (non-hydrogen) atoms. The molecule has 1 aliphatic heterocycles. The molecular weight excluding hydrogens is 302 g/mol. The maximum absolute atomic E-state index is 6.26. The third-order valence-corrected chi connectivity index (χ3v) is 5.24. The van der Waals surface area contributed by atoms with E-state index in [2.05, 4.69) is 33.9 Å². The molecule has 0 spiro atoms. The largest absolute Gasteiger partial charge is 0.474 e. The molecule has 0 unspecified atom stereocenters. The molecule has 1 aromatic heterocycles. The number of aromatic nitrogens is 2. The van der Waals surface area contributed by atoms with Crippen molar-refractivity contribution in [3.05, 3.63) is 30.1 Å². The minimum absolute atomic E-state index is 0.265. The van der Waals surface area contributed by atoms with E-state index in [4.69, 9.17) is 9.47 Å². The third kappa shape index (κ3) is 3.37. The SMILES string of the molecule is Cc1ccc2ncnc(O[C@H]3CC[C@H](N4CCOCC4)CC3)c2c1. The van der Waals surface area contributed by atoms with Crippen LogP contribution in [0.1, 0.15) is 31.2 Å². The molecule has 0 amide bonds. The Balaban J connectivity index is 1.41. The molecule has 2 aromatic rings. The summed E-state index contributed by atoms with van der Waals surface area (Å²) in [5.41, 5.74) is 2.16. The molecule has 0 N–H and O–H groups in total. The van der Waals surface area contributed by atoms with Gasteiger partial charge in [-0.1, -0.05) is 11.6 Å². The Morgan fingerprint density at radius 3 is 2.67 bits per heavy atom. The summed E-state index contributed by atoms with van der Waals surface area (Å²) >= 11 is 0. The second-order valence-electron chi connectivity index (χ2n) is 6.90. The van der Waals surface area contributed by atoms with Crippen LogP contribution in [0, 0.1) is 6.92 Å². The van der Waals surface area contributed by atoms with Gasteiger partial charge in [-0.15, -0.1) is 0 Å². The summed E-state index contributed by atoms with van der Waals surface area (Å²) in [4.78, 5) is 11.3. The summed E-state index contributed by atoms with van der Waals surface area (Å²) < 4.78 is 11.7. The normalized spacial score (nSPS) is 25.7. The fourth-order valence-corrected chi connectivity index (χ4v) is 3.87. The molecule has 1 aliphatic carbocycles. The Morgan fingerprint density at radius 1 is 1.08 bits per heavy atom. The lowest BCUT2D eigenvalue weighted by atomic mass is 9.91. The molecule has 2 heterocycles. The Kier molecular flexibility index (Phi) is 4.63. The minimum Gasteiger partial charge on any atom is -0.474 e. The highest BCUT2D eigenvalue weighted by Crippen LogP contribution is 2.29. The van der Waals surface area contributed by atoms with Gasteiger partial charge < -0.3 is 9.47 Å². The van der Waals surface area contributed by atoms with Gasteiger partial charge in [0.2, 0.25) is 5.88 Å². The van der Waals surface area contributed by atoms with E-state index in [0.29, 0.717) is 6.04 Å². The lowest BCUT2D eigenvalue weighted by Gasteiger charge is -2.38. The summed E-state index contributed by atoms with van der Waals surface area (Å²) in [5, 5.41) is 1.02. The van der Waals surface area contributed by atoms with Gasteiger partial charge in [-0.25, -0.2) is 9.97 Å². The zero-order chi connectivity index (χ0) is 16.4. The number of nitrogens with zero attached hydrogens (tertiary/aromatic N) is 3. The average molecular weight is 327 g/mol. The van der Waals surface area contributed by atoms with E-state index in [0.717, 1.165) is 55.9 Å². The molecular formula is C19H25N3O2. The van der Waals surface area contributed by atoms with Crippen LogP contribution in [-0.4, -0.2) is 53.3 Å². The average Bonchev–Trinajstić information content (AvgIpc) is 2.64. The van der Waals surface area contributed by atoms with Crippen LogP contribution in [0.5, 0.6) is 5.88 Å². The second-order valence-corrected chi connectivity index (χ2v) is 6.90. The molecule has 1 aromatic carbocycles. The molecule has 2 fully saturated rings. The molecule has 5 heteroatoms. The highest BCUT2D eigenvalue weighted by atomic mass is 16.5. The topological polar surface area (TPSA) is 47.5 Å². The van der Waals surface area contributed by atoms with Crippen LogP contribution < -0.4 is 4.74 Å². The predicted molar refractivity (Wildman–Crippen MR) is 93.3 cm³/mol. The van der Waals surface area contributed by atoms with Gasteiger partial charge in [0.1, 0.15) is 12.4 Å². The van der Waals surface area contributed by atoms with E-state index in [1.54, 1.807) is 6.33 Å². The number of hydrogen-bond acceptors (Lipinski definition) is 5. The number of benzene rings is 1. The lowest BCUT2D eigenvalue weighted by molar-refractivity contribution is -0.00126. The van der Waals surface area contributed by atoms with Crippen molar-refractivity contribution < 1.29 is 9.47 Å².